The number of alkyl halides is 2. The summed E-state index contributed by atoms with van der Waals surface area (Å²) in [7, 11) is 1.50. The smallest absolute Gasteiger partial charge is 0.290 e. The first-order valence-electron chi connectivity index (χ1n) is 5.31. The third-order valence-corrected chi connectivity index (χ3v) is 3.32. The van der Waals surface area contributed by atoms with Crippen LogP contribution in [0.3, 0.4) is 0 Å². The quantitative estimate of drug-likeness (QED) is 0.861. The Morgan fingerprint density at radius 2 is 1.81 bits per heavy atom. The minimum Gasteiger partial charge on any atom is -0.497 e. The Kier molecular flexibility index (Phi) is 2.62. The first kappa shape index (κ1) is 11.3. The number of hydrogen-bond donors (Lipinski definition) is 1. The fourth-order valence-electron chi connectivity index (χ4n) is 1.96. The summed E-state index contributed by atoms with van der Waals surface area (Å²) in [6.07, 6.45) is 1.54. The Morgan fingerprint density at radius 3 is 2.19 bits per heavy atom. The van der Waals surface area contributed by atoms with E-state index >= 15 is 0 Å². The molecule has 0 aliphatic heterocycles. The Bertz CT molecular complexity index is 371. The van der Waals surface area contributed by atoms with Crippen molar-refractivity contribution in [1.82, 2.24) is 0 Å². The van der Waals surface area contributed by atoms with Gasteiger partial charge in [-0.25, -0.2) is 0 Å². The van der Waals surface area contributed by atoms with Gasteiger partial charge in [0.1, 0.15) is 5.75 Å². The number of hydrogen-bond acceptors (Lipinski definition) is 2. The summed E-state index contributed by atoms with van der Waals surface area (Å²) >= 11 is 0. The van der Waals surface area contributed by atoms with Crippen LogP contribution in [0.25, 0.3) is 0 Å². The van der Waals surface area contributed by atoms with E-state index in [1.807, 2.05) is 0 Å². The van der Waals surface area contributed by atoms with Crippen LogP contribution in [0, 0.1) is 0 Å². The molecule has 2 N–H and O–H groups in total. The summed E-state index contributed by atoms with van der Waals surface area (Å²) in [4.78, 5) is 0. The molecule has 16 heavy (non-hydrogen) atoms. The summed E-state index contributed by atoms with van der Waals surface area (Å²) < 4.78 is 33.0. The molecular formula is C12H15F2NO. The second-order valence-electron chi connectivity index (χ2n) is 4.31. The minimum atomic E-state index is -2.96. The van der Waals surface area contributed by atoms with E-state index in [2.05, 4.69) is 0 Å². The molecule has 1 saturated carbocycles. The lowest BCUT2D eigenvalue weighted by molar-refractivity contribution is -0.113. The lowest BCUT2D eigenvalue weighted by Gasteiger charge is -2.44. The molecule has 0 atom stereocenters. The highest BCUT2D eigenvalue weighted by Gasteiger charge is 2.55. The first-order valence-corrected chi connectivity index (χ1v) is 5.31. The molecule has 1 fully saturated rings. The van der Waals surface area contributed by atoms with Gasteiger partial charge in [0.25, 0.3) is 5.92 Å². The van der Waals surface area contributed by atoms with Crippen LogP contribution in [-0.4, -0.2) is 12.6 Å². The molecule has 0 unspecified atom stereocenters. The van der Waals surface area contributed by atoms with E-state index in [-0.39, 0.29) is 5.56 Å². The SMILES string of the molecule is COc1ccc(C(F)(F)C2(N)CCC2)cc1. The van der Waals surface area contributed by atoms with Crippen LogP contribution in [0.1, 0.15) is 24.8 Å². The summed E-state index contributed by atoms with van der Waals surface area (Å²) in [5.74, 6) is -2.39. The molecule has 0 bridgehead atoms. The molecule has 0 aromatic heterocycles. The second kappa shape index (κ2) is 3.70. The highest BCUT2D eigenvalue weighted by atomic mass is 19.3. The number of nitrogens with two attached hydrogens (primary N) is 1. The highest BCUT2D eigenvalue weighted by molar-refractivity contribution is 5.32. The average Bonchev–Trinajstić information content (AvgIpc) is 2.25. The van der Waals surface area contributed by atoms with E-state index in [0.29, 0.717) is 18.6 Å². The fraction of sp³-hybridized carbons (Fsp3) is 0.500. The third kappa shape index (κ3) is 1.57. The van der Waals surface area contributed by atoms with Gasteiger partial charge < -0.3 is 10.5 Å². The van der Waals surface area contributed by atoms with Crippen LogP contribution >= 0.6 is 0 Å². The lowest BCUT2D eigenvalue weighted by Crippen LogP contribution is -2.58. The second-order valence-corrected chi connectivity index (χ2v) is 4.31. The first-order chi connectivity index (χ1) is 7.49. The largest absolute Gasteiger partial charge is 0.497 e. The molecule has 0 radical (unpaired) electrons. The number of rotatable bonds is 3. The van der Waals surface area contributed by atoms with Crippen molar-refractivity contribution in [2.75, 3.05) is 7.11 Å². The Labute approximate surface area is 93.4 Å². The van der Waals surface area contributed by atoms with Gasteiger partial charge in [-0.2, -0.15) is 8.78 Å². The lowest BCUT2D eigenvalue weighted by atomic mass is 9.71. The Hall–Kier alpha value is -1.16. The zero-order chi connectivity index (χ0) is 11.8. The van der Waals surface area contributed by atoms with Gasteiger partial charge in [0.15, 0.2) is 0 Å². The maximum Gasteiger partial charge on any atom is 0.290 e. The standard InChI is InChI=1S/C12H15F2NO/c1-16-10-5-3-9(4-6-10)12(13,14)11(15)7-2-8-11/h3-6H,2,7-8,15H2,1H3. The van der Waals surface area contributed by atoms with Crippen molar-refractivity contribution < 1.29 is 13.5 Å². The molecule has 4 heteroatoms. The van der Waals surface area contributed by atoms with Crippen molar-refractivity contribution >= 4 is 0 Å². The summed E-state index contributed by atoms with van der Waals surface area (Å²) in [6, 6.07) is 5.83. The van der Waals surface area contributed by atoms with Crippen LogP contribution in [-0.2, 0) is 5.92 Å². The van der Waals surface area contributed by atoms with Crippen LogP contribution in [0.15, 0.2) is 24.3 Å². The van der Waals surface area contributed by atoms with Gasteiger partial charge in [-0.05, 0) is 43.5 Å². The van der Waals surface area contributed by atoms with Crippen LogP contribution in [0.4, 0.5) is 8.78 Å². The van der Waals surface area contributed by atoms with E-state index in [1.165, 1.54) is 31.4 Å². The van der Waals surface area contributed by atoms with Crippen molar-refractivity contribution in [1.29, 1.82) is 0 Å². The maximum absolute atomic E-state index is 14.1. The van der Waals surface area contributed by atoms with E-state index in [4.69, 9.17) is 10.5 Å². The predicted octanol–water partition coefficient (Wildman–Crippen LogP) is 2.67. The Morgan fingerprint density at radius 1 is 1.25 bits per heavy atom. The maximum atomic E-state index is 14.1. The van der Waals surface area contributed by atoms with E-state index < -0.39 is 11.5 Å². The number of ether oxygens (including phenoxy) is 1. The molecule has 0 spiro atoms. The number of halogens is 2. The van der Waals surface area contributed by atoms with E-state index in [1.54, 1.807) is 0 Å². The predicted molar refractivity (Wildman–Crippen MR) is 57.7 cm³/mol. The third-order valence-electron chi connectivity index (χ3n) is 3.32. The number of benzene rings is 1. The molecule has 0 heterocycles. The normalized spacial score (nSPS) is 19.0. The van der Waals surface area contributed by atoms with Gasteiger partial charge >= 0.3 is 0 Å². The topological polar surface area (TPSA) is 35.2 Å². The van der Waals surface area contributed by atoms with Crippen LogP contribution in [0.5, 0.6) is 5.75 Å². The minimum absolute atomic E-state index is 0.0319. The molecule has 0 saturated heterocycles. The zero-order valence-corrected chi connectivity index (χ0v) is 9.17. The van der Waals surface area contributed by atoms with Gasteiger partial charge in [-0.1, -0.05) is 0 Å². The zero-order valence-electron chi connectivity index (χ0n) is 9.17. The summed E-state index contributed by atoms with van der Waals surface area (Å²) in [5.41, 5.74) is 4.31. The van der Waals surface area contributed by atoms with E-state index in [9.17, 15) is 8.78 Å². The van der Waals surface area contributed by atoms with Crippen molar-refractivity contribution in [3.8, 4) is 5.75 Å². The van der Waals surface area contributed by atoms with Gasteiger partial charge in [0, 0.05) is 5.56 Å². The van der Waals surface area contributed by atoms with Gasteiger partial charge in [0.05, 0.1) is 12.6 Å². The molecular weight excluding hydrogens is 212 g/mol. The summed E-state index contributed by atoms with van der Waals surface area (Å²) in [6.45, 7) is 0. The monoisotopic (exact) mass is 227 g/mol. The van der Waals surface area contributed by atoms with Crippen LogP contribution < -0.4 is 10.5 Å². The van der Waals surface area contributed by atoms with E-state index in [0.717, 1.165) is 6.42 Å². The average molecular weight is 227 g/mol. The van der Waals surface area contributed by atoms with Crippen LogP contribution in [0.2, 0.25) is 0 Å². The highest BCUT2D eigenvalue weighted by Crippen LogP contribution is 2.48. The molecule has 2 nitrogen and oxygen atoms in total. The molecule has 0 amide bonds. The molecule has 2 rings (SSSR count). The fourth-order valence-corrected chi connectivity index (χ4v) is 1.96. The van der Waals surface area contributed by atoms with Crippen molar-refractivity contribution in [2.24, 2.45) is 5.73 Å². The molecule has 1 aromatic carbocycles. The van der Waals surface area contributed by atoms with Crippen molar-refractivity contribution in [2.45, 2.75) is 30.7 Å². The Balaban J connectivity index is 2.28. The van der Waals surface area contributed by atoms with Gasteiger partial charge in [0.2, 0.25) is 0 Å². The van der Waals surface area contributed by atoms with Gasteiger partial charge in [-0.3, -0.25) is 0 Å². The van der Waals surface area contributed by atoms with Crippen molar-refractivity contribution in [3.63, 3.8) is 0 Å². The number of methoxy groups -OCH3 is 1. The summed E-state index contributed by atoms with van der Waals surface area (Å²) in [5, 5.41) is 0. The molecule has 1 aliphatic rings. The van der Waals surface area contributed by atoms with Crippen molar-refractivity contribution in [3.05, 3.63) is 29.8 Å². The molecule has 1 aliphatic carbocycles. The molecule has 88 valence electrons. The molecule has 1 aromatic rings. The van der Waals surface area contributed by atoms with Gasteiger partial charge in [-0.15, -0.1) is 0 Å².